The molecule has 0 fully saturated rings. The number of unbranched alkanes of at least 4 members (excludes halogenated alkanes) is 10. The molecule has 0 unspecified atom stereocenters. The van der Waals surface area contributed by atoms with E-state index in [0.717, 1.165) is 0 Å². The van der Waals surface area contributed by atoms with E-state index in [1.165, 1.54) is 89.9 Å². The maximum Gasteiger partial charge on any atom is 0.0594 e. The normalized spacial score (nSPS) is 11.5. The largest absolute Gasteiger partial charge is 1.00 e. The van der Waals surface area contributed by atoms with Gasteiger partial charge in [0.05, 0.1) is 24.6 Å². The van der Waals surface area contributed by atoms with Gasteiger partial charge in [0, 0.05) is 7.26 Å². The first-order valence-electron chi connectivity index (χ1n) is 11.1. The van der Waals surface area contributed by atoms with Gasteiger partial charge in [0.25, 0.3) is 0 Å². The summed E-state index contributed by atoms with van der Waals surface area (Å²) in [5, 5.41) is 0. The molecule has 24 heavy (non-hydrogen) atoms. The second-order valence-corrected chi connectivity index (χ2v) is 12.2. The minimum absolute atomic E-state index is 0. The van der Waals surface area contributed by atoms with Gasteiger partial charge in [-0.1, -0.05) is 79.1 Å². The van der Waals surface area contributed by atoms with Crippen molar-refractivity contribution in [1.82, 2.24) is 0 Å². The van der Waals surface area contributed by atoms with Crippen molar-refractivity contribution >= 4 is 7.26 Å². The fourth-order valence-electron chi connectivity index (χ4n) is 4.07. The fraction of sp³-hybridized carbons (Fsp3) is 1.00. The van der Waals surface area contributed by atoms with E-state index in [0.29, 0.717) is 0 Å². The van der Waals surface area contributed by atoms with Crippen molar-refractivity contribution in [3.8, 4) is 0 Å². The Balaban J connectivity index is 0. The van der Waals surface area contributed by atoms with Gasteiger partial charge < -0.3 is 17.0 Å². The van der Waals surface area contributed by atoms with E-state index in [9.17, 15) is 0 Å². The van der Waals surface area contributed by atoms with Gasteiger partial charge in [-0.2, -0.15) is 0 Å². The average Bonchev–Trinajstić information content (AvgIpc) is 2.54. The average molecular weight is 424 g/mol. The zero-order valence-corrected chi connectivity index (χ0v) is 20.0. The van der Waals surface area contributed by atoms with Crippen LogP contribution in [-0.2, 0) is 0 Å². The Hall–Kier alpha value is 0.910. The summed E-state index contributed by atoms with van der Waals surface area (Å²) in [5.41, 5.74) is 0. The van der Waals surface area contributed by atoms with Crippen LogP contribution in [0.5, 0.6) is 0 Å². The summed E-state index contributed by atoms with van der Waals surface area (Å²) in [5.74, 6) is 0. The molecule has 0 aliphatic rings. The molecule has 0 rings (SSSR count). The molecule has 0 radical (unpaired) electrons. The van der Waals surface area contributed by atoms with Crippen LogP contribution in [0.1, 0.15) is 118 Å². The smallest absolute Gasteiger partial charge is 0.0594 e. The Morgan fingerprint density at radius 1 is 0.375 bits per heavy atom. The molecule has 0 N–H and O–H groups in total. The lowest BCUT2D eigenvalue weighted by atomic mass is 10.1. The SMILES string of the molecule is CCCCCCCC[P+](CCC)(CCC)CCCCCCCC.[Br-]. The van der Waals surface area contributed by atoms with Gasteiger partial charge in [0.1, 0.15) is 0 Å². The van der Waals surface area contributed by atoms with Crippen molar-refractivity contribution in [3.63, 3.8) is 0 Å². The van der Waals surface area contributed by atoms with E-state index in [1.54, 1.807) is 24.6 Å². The summed E-state index contributed by atoms with van der Waals surface area (Å²) in [6.07, 6.45) is 26.9. The van der Waals surface area contributed by atoms with E-state index in [2.05, 4.69) is 27.7 Å². The summed E-state index contributed by atoms with van der Waals surface area (Å²) in [6.45, 7) is 9.49. The topological polar surface area (TPSA) is 0 Å². The first-order valence-corrected chi connectivity index (χ1v) is 13.6. The van der Waals surface area contributed by atoms with Gasteiger partial charge in [0.2, 0.25) is 0 Å². The molecule has 0 saturated carbocycles. The summed E-state index contributed by atoms with van der Waals surface area (Å²) in [4.78, 5) is 0. The molecule has 0 amide bonds. The molecule has 0 aromatic rings. The van der Waals surface area contributed by atoms with Crippen LogP contribution in [-0.4, -0.2) is 24.6 Å². The lowest BCUT2D eigenvalue weighted by molar-refractivity contribution is -0.00000537. The van der Waals surface area contributed by atoms with Crippen LogP contribution in [0.15, 0.2) is 0 Å². The summed E-state index contributed by atoms with van der Waals surface area (Å²) < 4.78 is 0. The molecule has 0 saturated heterocycles. The maximum atomic E-state index is 2.42. The lowest BCUT2D eigenvalue weighted by Crippen LogP contribution is -3.00. The second kappa shape index (κ2) is 20.2. The van der Waals surface area contributed by atoms with Crippen molar-refractivity contribution in [2.75, 3.05) is 24.6 Å². The second-order valence-electron chi connectivity index (χ2n) is 7.77. The van der Waals surface area contributed by atoms with E-state index in [4.69, 9.17) is 0 Å². The molecular weight excluding hydrogens is 375 g/mol. The van der Waals surface area contributed by atoms with Crippen molar-refractivity contribution in [1.29, 1.82) is 0 Å². The van der Waals surface area contributed by atoms with Gasteiger partial charge in [0.15, 0.2) is 0 Å². The molecule has 0 aliphatic carbocycles. The van der Waals surface area contributed by atoms with Crippen LogP contribution in [0.25, 0.3) is 0 Å². The number of hydrogen-bond acceptors (Lipinski definition) is 0. The number of halogens is 1. The Bertz CT molecular complexity index is 206. The van der Waals surface area contributed by atoms with Crippen LogP contribution in [0, 0.1) is 0 Å². The van der Waals surface area contributed by atoms with Gasteiger partial charge in [-0.15, -0.1) is 0 Å². The highest BCUT2D eigenvalue weighted by Gasteiger charge is 2.33. The predicted molar refractivity (Wildman–Crippen MR) is 114 cm³/mol. The Labute approximate surface area is 166 Å². The molecular formula is C22H48BrP. The van der Waals surface area contributed by atoms with E-state index < -0.39 is 7.26 Å². The molecule has 0 heterocycles. The third kappa shape index (κ3) is 15.2. The lowest BCUT2D eigenvalue weighted by Gasteiger charge is -2.27. The first kappa shape index (κ1) is 27.1. The third-order valence-electron chi connectivity index (χ3n) is 5.37. The predicted octanol–water partition coefficient (Wildman–Crippen LogP) is 5.55. The summed E-state index contributed by atoms with van der Waals surface area (Å²) in [7, 11) is -0.607. The quantitative estimate of drug-likeness (QED) is 0.200. The highest BCUT2D eigenvalue weighted by Crippen LogP contribution is 2.61. The number of hydrogen-bond donors (Lipinski definition) is 0. The van der Waals surface area contributed by atoms with E-state index >= 15 is 0 Å². The highest BCUT2D eigenvalue weighted by molar-refractivity contribution is 7.75. The Morgan fingerprint density at radius 2 is 0.708 bits per heavy atom. The molecule has 0 nitrogen and oxygen atoms in total. The van der Waals surface area contributed by atoms with Gasteiger partial charge in [-0.05, 0) is 38.5 Å². The van der Waals surface area contributed by atoms with Crippen molar-refractivity contribution in [3.05, 3.63) is 0 Å². The zero-order chi connectivity index (χ0) is 17.2. The highest BCUT2D eigenvalue weighted by atomic mass is 79.9. The first-order chi connectivity index (χ1) is 11.2. The van der Waals surface area contributed by atoms with Gasteiger partial charge in [-0.3, -0.25) is 0 Å². The molecule has 2 heteroatoms. The monoisotopic (exact) mass is 422 g/mol. The third-order valence-corrected chi connectivity index (χ3v) is 10.7. The summed E-state index contributed by atoms with van der Waals surface area (Å²) >= 11 is 0. The van der Waals surface area contributed by atoms with Crippen LogP contribution in [0.2, 0.25) is 0 Å². The molecule has 0 spiro atoms. The standard InChI is InChI=1S/C22H48P.BrH/c1-5-9-11-13-15-17-21-23(19-7-3,20-8-4)22-18-16-14-12-10-6-2;/h5-22H2,1-4H3;1H/q+1;/p-1. The summed E-state index contributed by atoms with van der Waals surface area (Å²) in [6, 6.07) is 0. The van der Waals surface area contributed by atoms with Gasteiger partial charge >= 0.3 is 0 Å². The van der Waals surface area contributed by atoms with Gasteiger partial charge in [-0.25, -0.2) is 0 Å². The minimum atomic E-state index is -0.607. The number of rotatable bonds is 18. The zero-order valence-electron chi connectivity index (χ0n) is 17.6. The molecule has 0 aromatic heterocycles. The molecule has 0 aliphatic heterocycles. The van der Waals surface area contributed by atoms with Crippen LogP contribution >= 0.6 is 7.26 Å². The fourth-order valence-corrected chi connectivity index (χ4v) is 9.10. The van der Waals surface area contributed by atoms with E-state index in [1.807, 2.05) is 0 Å². The van der Waals surface area contributed by atoms with Crippen LogP contribution < -0.4 is 17.0 Å². The van der Waals surface area contributed by atoms with Crippen molar-refractivity contribution in [2.24, 2.45) is 0 Å². The maximum absolute atomic E-state index is 2.42. The molecule has 0 bridgehead atoms. The van der Waals surface area contributed by atoms with Crippen molar-refractivity contribution < 1.29 is 17.0 Å². The minimum Gasteiger partial charge on any atom is -1.00 e. The van der Waals surface area contributed by atoms with Crippen molar-refractivity contribution in [2.45, 2.75) is 118 Å². The van der Waals surface area contributed by atoms with Crippen LogP contribution in [0.3, 0.4) is 0 Å². The Kier molecular flexibility index (Phi) is 22.9. The Morgan fingerprint density at radius 3 is 1.04 bits per heavy atom. The molecule has 0 atom stereocenters. The molecule has 0 aromatic carbocycles. The van der Waals surface area contributed by atoms with E-state index in [-0.39, 0.29) is 17.0 Å². The molecule has 148 valence electrons. The van der Waals surface area contributed by atoms with Crippen LogP contribution in [0.4, 0.5) is 0 Å².